The van der Waals surface area contributed by atoms with Crippen molar-refractivity contribution in [3.05, 3.63) is 166 Å². The molecule has 0 aliphatic carbocycles. The Morgan fingerprint density at radius 3 is 0.925 bits per heavy atom. The first-order valence-electron chi connectivity index (χ1n) is 12.8. The second kappa shape index (κ2) is 14.4. The number of nitrogens with zero attached hydrogens (tertiary/aromatic N) is 4. The summed E-state index contributed by atoms with van der Waals surface area (Å²) in [6, 6.07) is 48.8. The van der Waals surface area contributed by atoms with Crippen LogP contribution in [0.4, 0.5) is 22.7 Å². The zero-order valence-corrected chi connectivity index (χ0v) is 23.4. The number of anilines is 4. The van der Waals surface area contributed by atoms with Gasteiger partial charge in [0.25, 0.3) is 0 Å². The molecule has 0 aliphatic heterocycles. The lowest BCUT2D eigenvalue weighted by Crippen LogP contribution is -2.08. The van der Waals surface area contributed by atoms with Crippen LogP contribution in [-0.4, -0.2) is 12.4 Å². The van der Waals surface area contributed by atoms with Gasteiger partial charge in [-0.05, 0) is 71.4 Å². The van der Waals surface area contributed by atoms with Crippen LogP contribution in [0.1, 0.15) is 9.75 Å². The molecule has 0 radical (unpaired) electrons. The van der Waals surface area contributed by atoms with Gasteiger partial charge in [0.2, 0.25) is 0 Å². The Kier molecular flexibility index (Phi) is 9.65. The van der Waals surface area contributed by atoms with E-state index in [-0.39, 0.29) is 0 Å². The molecule has 0 aliphatic rings. The Morgan fingerprint density at radius 1 is 0.375 bits per heavy atom. The Morgan fingerprint density at radius 2 is 0.675 bits per heavy atom. The van der Waals surface area contributed by atoms with Crippen LogP contribution in [-0.2, 0) is 0 Å². The summed E-state index contributed by atoms with van der Waals surface area (Å²) in [4.78, 5) is 2.28. The van der Waals surface area contributed by atoms with Crippen LogP contribution in [0.2, 0.25) is 0 Å². The zero-order valence-electron chi connectivity index (χ0n) is 21.8. The van der Waals surface area contributed by atoms with E-state index in [1.807, 2.05) is 107 Å². The van der Waals surface area contributed by atoms with Crippen molar-refractivity contribution in [2.45, 2.75) is 0 Å². The average Bonchev–Trinajstić information content (AvgIpc) is 3.75. The fraction of sp³-hybridized carbons (Fsp3) is 0. The van der Waals surface area contributed by atoms with E-state index in [4.69, 9.17) is 0 Å². The van der Waals surface area contributed by atoms with Crippen molar-refractivity contribution in [2.75, 3.05) is 10.0 Å². The molecule has 6 aromatic rings. The van der Waals surface area contributed by atoms with Gasteiger partial charge in [-0.15, -0.1) is 22.7 Å². The average molecular weight is 557 g/mol. The summed E-state index contributed by atoms with van der Waals surface area (Å²) in [5.74, 6) is 0. The third-order valence-corrected chi connectivity index (χ3v) is 7.30. The highest BCUT2D eigenvalue weighted by molar-refractivity contribution is 7.12. The molecule has 0 atom stereocenters. The maximum Gasteiger partial charge on any atom is 0.0652 e. The molecule has 0 unspecified atom stereocenters. The number of thiophene rings is 2. The molecular formula is C34H28N4S2. The SMILES string of the molecule is C(=N\N(c1ccccc1)c1ccccc1)/c1cccs1.C(=N\N(c1ccccc1)c1ccccc1)/c1cccs1. The van der Waals surface area contributed by atoms with E-state index < -0.39 is 0 Å². The summed E-state index contributed by atoms with van der Waals surface area (Å²) in [7, 11) is 0. The molecule has 6 heteroatoms. The largest absolute Gasteiger partial charge is 0.234 e. The number of benzene rings is 4. The van der Waals surface area contributed by atoms with Gasteiger partial charge in [-0.3, -0.25) is 0 Å². The van der Waals surface area contributed by atoms with Crippen LogP contribution in [0.3, 0.4) is 0 Å². The summed E-state index contributed by atoms with van der Waals surface area (Å²) < 4.78 is 0. The molecule has 2 heterocycles. The van der Waals surface area contributed by atoms with E-state index in [0.29, 0.717) is 0 Å². The van der Waals surface area contributed by atoms with E-state index >= 15 is 0 Å². The molecule has 0 bridgehead atoms. The van der Waals surface area contributed by atoms with Gasteiger partial charge in [0.05, 0.1) is 35.2 Å². The van der Waals surface area contributed by atoms with Crippen molar-refractivity contribution in [3.8, 4) is 0 Å². The molecule has 196 valence electrons. The first kappa shape index (κ1) is 26.8. The van der Waals surface area contributed by atoms with Crippen molar-refractivity contribution in [1.82, 2.24) is 0 Å². The highest BCUT2D eigenvalue weighted by Crippen LogP contribution is 2.26. The Bertz CT molecular complexity index is 1370. The van der Waals surface area contributed by atoms with Gasteiger partial charge < -0.3 is 0 Å². The van der Waals surface area contributed by atoms with Crippen LogP contribution in [0.5, 0.6) is 0 Å². The van der Waals surface area contributed by atoms with Gasteiger partial charge in [-0.1, -0.05) is 84.9 Å². The quantitative estimate of drug-likeness (QED) is 0.138. The Balaban J connectivity index is 0.000000161. The van der Waals surface area contributed by atoms with Gasteiger partial charge in [0, 0.05) is 9.75 Å². The number of rotatable bonds is 8. The monoisotopic (exact) mass is 556 g/mol. The van der Waals surface area contributed by atoms with Crippen LogP contribution in [0, 0.1) is 0 Å². The summed E-state index contributed by atoms with van der Waals surface area (Å²) >= 11 is 3.36. The van der Waals surface area contributed by atoms with Crippen molar-refractivity contribution < 1.29 is 0 Å². The van der Waals surface area contributed by atoms with Crippen LogP contribution < -0.4 is 10.0 Å². The van der Waals surface area contributed by atoms with Gasteiger partial charge in [0.1, 0.15) is 0 Å². The van der Waals surface area contributed by atoms with Crippen molar-refractivity contribution in [3.63, 3.8) is 0 Å². The van der Waals surface area contributed by atoms with Crippen molar-refractivity contribution >= 4 is 57.9 Å². The minimum atomic E-state index is 1.05. The zero-order chi connectivity index (χ0) is 27.2. The fourth-order valence-electron chi connectivity index (χ4n) is 3.80. The van der Waals surface area contributed by atoms with Crippen molar-refractivity contribution in [2.24, 2.45) is 10.2 Å². The standard InChI is InChI=1S/2C17H14N2S/c2*1-3-8-15(9-4-1)19(16-10-5-2-6-11-16)18-14-17-12-7-13-20-17/h2*1-14H/b2*18-14+. The molecule has 4 aromatic carbocycles. The second-order valence-corrected chi connectivity index (χ2v) is 10.4. The lowest BCUT2D eigenvalue weighted by molar-refractivity contribution is 1.09. The van der Waals surface area contributed by atoms with Gasteiger partial charge in [-0.25, -0.2) is 10.0 Å². The van der Waals surface area contributed by atoms with E-state index in [1.54, 1.807) is 22.7 Å². The molecule has 4 nitrogen and oxygen atoms in total. The van der Waals surface area contributed by atoms with Crippen LogP contribution in [0.15, 0.2) is 167 Å². The molecule has 0 spiro atoms. The topological polar surface area (TPSA) is 31.2 Å². The predicted octanol–water partition coefficient (Wildman–Crippen LogP) is 9.84. The summed E-state index contributed by atoms with van der Waals surface area (Å²) in [5.41, 5.74) is 4.19. The molecule has 0 fully saturated rings. The minimum Gasteiger partial charge on any atom is -0.234 e. The summed E-state index contributed by atoms with van der Waals surface area (Å²) in [5, 5.41) is 17.2. The van der Waals surface area contributed by atoms with Crippen LogP contribution >= 0.6 is 22.7 Å². The molecule has 0 N–H and O–H groups in total. The molecular weight excluding hydrogens is 529 g/mol. The van der Waals surface area contributed by atoms with Crippen molar-refractivity contribution in [1.29, 1.82) is 0 Å². The third-order valence-electron chi connectivity index (χ3n) is 5.69. The Labute approximate surface area is 243 Å². The maximum atomic E-state index is 4.63. The number of hydrogen-bond donors (Lipinski definition) is 0. The summed E-state index contributed by atoms with van der Waals surface area (Å²) in [6.07, 6.45) is 3.79. The molecule has 6 rings (SSSR count). The first-order chi connectivity index (χ1) is 19.9. The lowest BCUT2D eigenvalue weighted by atomic mass is 10.2. The second-order valence-electron chi connectivity index (χ2n) is 8.49. The van der Waals surface area contributed by atoms with Crippen LogP contribution in [0.25, 0.3) is 0 Å². The highest BCUT2D eigenvalue weighted by atomic mass is 32.1. The maximum absolute atomic E-state index is 4.63. The fourth-order valence-corrected chi connectivity index (χ4v) is 4.96. The molecule has 0 amide bonds. The van der Waals surface area contributed by atoms with E-state index in [1.165, 1.54) is 0 Å². The molecule has 40 heavy (non-hydrogen) atoms. The number of hydrazone groups is 2. The lowest BCUT2D eigenvalue weighted by Gasteiger charge is -2.18. The van der Waals surface area contributed by atoms with E-state index in [0.717, 1.165) is 32.5 Å². The minimum absolute atomic E-state index is 1.05. The molecule has 0 saturated heterocycles. The normalized spacial score (nSPS) is 10.8. The number of para-hydroxylation sites is 4. The van der Waals surface area contributed by atoms with E-state index in [2.05, 4.69) is 81.6 Å². The third kappa shape index (κ3) is 7.63. The number of hydrogen-bond acceptors (Lipinski definition) is 6. The molecule has 0 saturated carbocycles. The van der Waals surface area contributed by atoms with Gasteiger partial charge in [-0.2, -0.15) is 10.2 Å². The summed E-state index contributed by atoms with van der Waals surface area (Å²) in [6.45, 7) is 0. The smallest absolute Gasteiger partial charge is 0.0652 e. The van der Waals surface area contributed by atoms with Gasteiger partial charge >= 0.3 is 0 Å². The Hall–Kier alpha value is -4.78. The van der Waals surface area contributed by atoms with E-state index in [9.17, 15) is 0 Å². The predicted molar refractivity (Wildman–Crippen MR) is 174 cm³/mol. The first-order valence-corrected chi connectivity index (χ1v) is 14.6. The highest BCUT2D eigenvalue weighted by Gasteiger charge is 2.07. The van der Waals surface area contributed by atoms with Gasteiger partial charge in [0.15, 0.2) is 0 Å². The molecule has 2 aromatic heterocycles.